The summed E-state index contributed by atoms with van der Waals surface area (Å²) < 4.78 is 5.61. The van der Waals surface area contributed by atoms with Crippen LogP contribution in [0.25, 0.3) is 0 Å². The van der Waals surface area contributed by atoms with E-state index in [1.54, 1.807) is 6.20 Å². The summed E-state index contributed by atoms with van der Waals surface area (Å²) in [7, 11) is 0. The summed E-state index contributed by atoms with van der Waals surface area (Å²) in [5.41, 5.74) is 1.28. The lowest BCUT2D eigenvalue weighted by Gasteiger charge is -2.34. The van der Waals surface area contributed by atoms with E-state index in [4.69, 9.17) is 4.74 Å². The maximum Gasteiger partial charge on any atom is 0.257 e. The molecule has 0 spiro atoms. The van der Waals surface area contributed by atoms with Crippen LogP contribution < -0.4 is 15.0 Å². The molecule has 1 N–H and O–H groups in total. The molecule has 1 fully saturated rings. The minimum atomic E-state index is -0.164. The molecule has 0 atom stereocenters. The number of ether oxygens (including phenoxy) is 1. The molecule has 1 aliphatic rings. The van der Waals surface area contributed by atoms with Gasteiger partial charge in [0.1, 0.15) is 11.6 Å². The molecule has 27 heavy (non-hydrogen) atoms. The van der Waals surface area contributed by atoms with Gasteiger partial charge >= 0.3 is 0 Å². The summed E-state index contributed by atoms with van der Waals surface area (Å²) in [5, 5.41) is 2.90. The number of carbonyl (C=O) groups excluding carboxylic acids is 1. The highest BCUT2D eigenvalue weighted by atomic mass is 16.5. The quantitative estimate of drug-likeness (QED) is 0.848. The van der Waals surface area contributed by atoms with Crippen molar-refractivity contribution in [3.63, 3.8) is 0 Å². The van der Waals surface area contributed by atoms with E-state index in [1.807, 2.05) is 50.2 Å². The monoisotopic (exact) mass is 368 g/mol. The largest absolute Gasteiger partial charge is 0.491 e. The number of likely N-dealkylation sites (N-methyl/N-ethyl adjacent to an activating group) is 1. The standard InChI is InChI=1S/C21H28N4O2/c1-4-24-11-13-25(14-12-24)20-10-5-17(15-22-20)21(26)23-18-6-8-19(9-7-18)27-16(2)3/h5-10,15-16H,4,11-14H2,1-3H3,(H,23,26). The summed E-state index contributed by atoms with van der Waals surface area (Å²) in [6.07, 6.45) is 1.77. The molecule has 2 aromatic rings. The van der Waals surface area contributed by atoms with Gasteiger partial charge < -0.3 is 19.9 Å². The number of anilines is 2. The normalized spacial score (nSPS) is 15.0. The molecule has 0 saturated carbocycles. The summed E-state index contributed by atoms with van der Waals surface area (Å²) >= 11 is 0. The highest BCUT2D eigenvalue weighted by Crippen LogP contribution is 2.18. The van der Waals surface area contributed by atoms with Crippen LogP contribution in [0.2, 0.25) is 0 Å². The summed E-state index contributed by atoms with van der Waals surface area (Å²) in [4.78, 5) is 21.6. The number of pyridine rings is 1. The van der Waals surface area contributed by atoms with Gasteiger partial charge in [-0.05, 0) is 56.8 Å². The molecule has 0 aliphatic carbocycles. The molecule has 1 aromatic carbocycles. The smallest absolute Gasteiger partial charge is 0.257 e. The van der Waals surface area contributed by atoms with E-state index in [0.717, 1.165) is 50.0 Å². The molecule has 1 saturated heterocycles. The zero-order chi connectivity index (χ0) is 19.2. The third-order valence-corrected chi connectivity index (χ3v) is 4.64. The first-order valence-electron chi connectivity index (χ1n) is 9.56. The number of rotatable bonds is 6. The lowest BCUT2D eigenvalue weighted by atomic mass is 10.2. The Morgan fingerprint density at radius 3 is 2.37 bits per heavy atom. The second kappa shape index (κ2) is 8.86. The minimum absolute atomic E-state index is 0.125. The molecular weight excluding hydrogens is 340 g/mol. The molecule has 2 heterocycles. The van der Waals surface area contributed by atoms with Crippen LogP contribution in [0.15, 0.2) is 42.6 Å². The molecule has 0 bridgehead atoms. The maximum absolute atomic E-state index is 12.4. The Balaban J connectivity index is 1.57. The minimum Gasteiger partial charge on any atom is -0.491 e. The van der Waals surface area contributed by atoms with Crippen molar-refractivity contribution in [2.45, 2.75) is 26.9 Å². The number of amides is 1. The van der Waals surface area contributed by atoms with Crippen LogP contribution in [0.1, 0.15) is 31.1 Å². The van der Waals surface area contributed by atoms with Gasteiger partial charge in [-0.25, -0.2) is 4.98 Å². The number of hydrogen-bond acceptors (Lipinski definition) is 5. The SMILES string of the molecule is CCN1CCN(c2ccc(C(=O)Nc3ccc(OC(C)C)cc3)cn2)CC1. The fraction of sp³-hybridized carbons (Fsp3) is 0.429. The zero-order valence-electron chi connectivity index (χ0n) is 16.3. The van der Waals surface area contributed by atoms with E-state index in [9.17, 15) is 4.79 Å². The first-order valence-corrected chi connectivity index (χ1v) is 9.56. The van der Waals surface area contributed by atoms with Gasteiger partial charge in [0.2, 0.25) is 0 Å². The van der Waals surface area contributed by atoms with Gasteiger partial charge in [-0.15, -0.1) is 0 Å². The number of nitrogens with zero attached hydrogens (tertiary/aromatic N) is 3. The summed E-state index contributed by atoms with van der Waals surface area (Å²) in [6.45, 7) is 11.3. The first-order chi connectivity index (χ1) is 13.0. The molecule has 3 rings (SSSR count). The average Bonchev–Trinajstić information content (AvgIpc) is 2.69. The number of nitrogens with one attached hydrogen (secondary N) is 1. The molecule has 1 aliphatic heterocycles. The molecule has 0 radical (unpaired) electrons. The van der Waals surface area contributed by atoms with Gasteiger partial charge in [0.05, 0.1) is 11.7 Å². The number of hydrogen-bond donors (Lipinski definition) is 1. The Morgan fingerprint density at radius 1 is 1.11 bits per heavy atom. The molecule has 1 amide bonds. The molecular formula is C21H28N4O2. The van der Waals surface area contributed by atoms with Crippen LogP contribution in [-0.2, 0) is 0 Å². The van der Waals surface area contributed by atoms with Crippen molar-refractivity contribution in [2.75, 3.05) is 42.9 Å². The van der Waals surface area contributed by atoms with E-state index >= 15 is 0 Å². The van der Waals surface area contributed by atoms with Gasteiger partial charge in [-0.1, -0.05) is 6.92 Å². The second-order valence-corrected chi connectivity index (χ2v) is 6.97. The van der Waals surface area contributed by atoms with E-state index in [0.29, 0.717) is 5.56 Å². The van der Waals surface area contributed by atoms with Crippen LogP contribution in [0, 0.1) is 0 Å². The summed E-state index contributed by atoms with van der Waals surface area (Å²) in [6, 6.07) is 11.1. The van der Waals surface area contributed by atoms with Crippen LogP contribution in [-0.4, -0.2) is 54.6 Å². The van der Waals surface area contributed by atoms with Gasteiger partial charge in [-0.2, -0.15) is 0 Å². The van der Waals surface area contributed by atoms with Gasteiger partial charge in [0.15, 0.2) is 0 Å². The first kappa shape index (κ1) is 19.2. The van der Waals surface area contributed by atoms with Crippen LogP contribution in [0.3, 0.4) is 0 Å². The van der Waals surface area contributed by atoms with Gasteiger partial charge in [0, 0.05) is 38.1 Å². The van der Waals surface area contributed by atoms with E-state index in [-0.39, 0.29) is 12.0 Å². The molecule has 144 valence electrons. The van der Waals surface area contributed by atoms with E-state index < -0.39 is 0 Å². The number of piperazine rings is 1. The van der Waals surface area contributed by atoms with Crippen molar-refractivity contribution in [2.24, 2.45) is 0 Å². The van der Waals surface area contributed by atoms with E-state index in [1.165, 1.54) is 0 Å². The molecule has 0 unspecified atom stereocenters. The van der Waals surface area contributed by atoms with Crippen molar-refractivity contribution < 1.29 is 9.53 Å². The highest BCUT2D eigenvalue weighted by molar-refractivity contribution is 6.04. The topological polar surface area (TPSA) is 57.7 Å². The Bertz CT molecular complexity index is 736. The van der Waals surface area contributed by atoms with Gasteiger partial charge in [-0.3, -0.25) is 4.79 Å². The number of carbonyl (C=O) groups is 1. The van der Waals surface area contributed by atoms with Gasteiger partial charge in [0.25, 0.3) is 5.91 Å². The molecule has 1 aromatic heterocycles. The number of aromatic nitrogens is 1. The summed E-state index contributed by atoms with van der Waals surface area (Å²) in [5.74, 6) is 1.55. The van der Waals surface area contributed by atoms with E-state index in [2.05, 4.69) is 27.0 Å². The fourth-order valence-electron chi connectivity index (χ4n) is 3.09. The third-order valence-electron chi connectivity index (χ3n) is 4.64. The Labute approximate surface area is 161 Å². The Kier molecular flexibility index (Phi) is 6.29. The van der Waals surface area contributed by atoms with Crippen molar-refractivity contribution >= 4 is 17.4 Å². The van der Waals surface area contributed by atoms with Crippen LogP contribution >= 0.6 is 0 Å². The molecule has 6 heteroatoms. The lowest BCUT2D eigenvalue weighted by Crippen LogP contribution is -2.46. The predicted molar refractivity (Wildman–Crippen MR) is 109 cm³/mol. The fourth-order valence-corrected chi connectivity index (χ4v) is 3.09. The zero-order valence-corrected chi connectivity index (χ0v) is 16.3. The van der Waals surface area contributed by atoms with Crippen molar-refractivity contribution in [3.8, 4) is 5.75 Å². The van der Waals surface area contributed by atoms with Crippen molar-refractivity contribution in [3.05, 3.63) is 48.2 Å². The maximum atomic E-state index is 12.4. The Hall–Kier alpha value is -2.60. The molecule has 6 nitrogen and oxygen atoms in total. The van der Waals surface area contributed by atoms with Crippen LogP contribution in [0.5, 0.6) is 5.75 Å². The second-order valence-electron chi connectivity index (χ2n) is 6.97. The van der Waals surface area contributed by atoms with Crippen LogP contribution in [0.4, 0.5) is 11.5 Å². The lowest BCUT2D eigenvalue weighted by molar-refractivity contribution is 0.102. The predicted octanol–water partition coefficient (Wildman–Crippen LogP) is 3.26. The number of benzene rings is 1. The van der Waals surface area contributed by atoms with Crippen molar-refractivity contribution in [1.82, 2.24) is 9.88 Å². The third kappa shape index (κ3) is 5.20. The van der Waals surface area contributed by atoms with Crippen molar-refractivity contribution in [1.29, 1.82) is 0 Å². The highest BCUT2D eigenvalue weighted by Gasteiger charge is 2.17. The Morgan fingerprint density at radius 2 is 1.81 bits per heavy atom. The average molecular weight is 368 g/mol.